The Kier molecular flexibility index (Phi) is 4.71. The second kappa shape index (κ2) is 6.59. The number of imidazole rings is 1. The van der Waals surface area contributed by atoms with E-state index in [1.54, 1.807) is 11.3 Å². The molecular weight excluding hydrogens is 383 g/mol. The molecule has 3 aromatic rings. The zero-order valence-corrected chi connectivity index (χ0v) is 15.9. The first-order valence-corrected chi connectivity index (χ1v) is 8.96. The highest BCUT2D eigenvalue weighted by atomic mass is 32.1. The van der Waals surface area contributed by atoms with Crippen molar-refractivity contribution in [2.24, 2.45) is 0 Å². The van der Waals surface area contributed by atoms with Crippen LogP contribution in [0, 0.1) is 0 Å². The van der Waals surface area contributed by atoms with Crippen molar-refractivity contribution in [3.05, 3.63) is 23.9 Å². The summed E-state index contributed by atoms with van der Waals surface area (Å²) in [6.07, 6.45) is -4.76. The van der Waals surface area contributed by atoms with E-state index in [0.29, 0.717) is 21.0 Å². The van der Waals surface area contributed by atoms with Crippen LogP contribution in [0.2, 0.25) is 0 Å². The first kappa shape index (κ1) is 19.3. The van der Waals surface area contributed by atoms with E-state index in [0.717, 1.165) is 11.3 Å². The van der Waals surface area contributed by atoms with E-state index >= 15 is 0 Å². The van der Waals surface area contributed by atoms with Crippen LogP contribution in [0.3, 0.4) is 0 Å². The Balaban J connectivity index is 2.17. The predicted octanol–water partition coefficient (Wildman–Crippen LogP) is 4.83. The second-order valence-electron chi connectivity index (χ2n) is 6.80. The summed E-state index contributed by atoms with van der Waals surface area (Å²) < 4.78 is 48.7. The van der Waals surface area contributed by atoms with Crippen molar-refractivity contribution < 1.29 is 27.4 Å². The van der Waals surface area contributed by atoms with Gasteiger partial charge in [-0.1, -0.05) is 11.3 Å². The molecular formula is C17H18F3N3O3S. The highest BCUT2D eigenvalue weighted by Gasteiger charge is 2.31. The summed E-state index contributed by atoms with van der Waals surface area (Å²) in [6, 6.07) is 4.03. The van der Waals surface area contributed by atoms with E-state index in [9.17, 15) is 18.0 Å². The summed E-state index contributed by atoms with van der Waals surface area (Å²) in [4.78, 5) is 17.1. The minimum atomic E-state index is -4.76. The van der Waals surface area contributed by atoms with Gasteiger partial charge in [-0.05, 0) is 45.9 Å². The number of anilines is 1. The first-order chi connectivity index (χ1) is 12.5. The second-order valence-corrected chi connectivity index (χ2v) is 7.81. The molecule has 6 nitrogen and oxygen atoms in total. The fourth-order valence-corrected chi connectivity index (χ4v) is 3.61. The number of ether oxygens (including phenoxy) is 2. The Morgan fingerprint density at radius 3 is 2.59 bits per heavy atom. The molecule has 3 rings (SSSR count). The molecule has 27 heavy (non-hydrogen) atoms. The maximum Gasteiger partial charge on any atom is 0.573 e. The molecule has 0 atom stereocenters. The van der Waals surface area contributed by atoms with Gasteiger partial charge in [-0.25, -0.2) is 9.78 Å². The fraction of sp³-hybridized carbons (Fsp3) is 0.412. The zero-order chi connectivity index (χ0) is 20.0. The standard InChI is InChI=1S/C17H18F3N3O3S/c1-5-25-14(24)12-13(22-16(2,3)4)23-10-7-6-9(26-17(18,19)20)8-11(10)27-15(23)21-12/h6-8,22H,5H2,1-4H3. The number of carbonyl (C=O) groups is 1. The largest absolute Gasteiger partial charge is 0.573 e. The molecule has 2 aromatic heterocycles. The van der Waals surface area contributed by atoms with Gasteiger partial charge >= 0.3 is 12.3 Å². The van der Waals surface area contributed by atoms with E-state index in [-0.39, 0.29) is 23.6 Å². The maximum atomic E-state index is 12.5. The van der Waals surface area contributed by atoms with Crippen molar-refractivity contribution in [1.82, 2.24) is 9.38 Å². The van der Waals surface area contributed by atoms with Gasteiger partial charge in [-0.3, -0.25) is 4.40 Å². The van der Waals surface area contributed by atoms with Crippen LogP contribution in [0.25, 0.3) is 15.2 Å². The van der Waals surface area contributed by atoms with Crippen molar-refractivity contribution in [2.75, 3.05) is 11.9 Å². The molecule has 0 radical (unpaired) electrons. The number of carbonyl (C=O) groups excluding carboxylic acids is 1. The van der Waals surface area contributed by atoms with Crippen molar-refractivity contribution in [2.45, 2.75) is 39.6 Å². The van der Waals surface area contributed by atoms with Gasteiger partial charge in [-0.2, -0.15) is 0 Å². The third-order valence-corrected chi connectivity index (χ3v) is 4.42. The molecule has 0 aliphatic heterocycles. The normalized spacial score (nSPS) is 12.6. The van der Waals surface area contributed by atoms with Crippen molar-refractivity contribution in [3.8, 4) is 5.75 Å². The molecule has 0 aliphatic carbocycles. The number of hydrogen-bond donors (Lipinski definition) is 1. The van der Waals surface area contributed by atoms with Gasteiger partial charge in [0.2, 0.25) is 0 Å². The van der Waals surface area contributed by atoms with Crippen LogP contribution in [0.15, 0.2) is 18.2 Å². The van der Waals surface area contributed by atoms with Gasteiger partial charge in [0.15, 0.2) is 10.7 Å². The number of nitrogens with zero attached hydrogens (tertiary/aromatic N) is 2. The Bertz CT molecular complexity index is 1000. The highest BCUT2D eigenvalue weighted by Crippen LogP contribution is 2.36. The molecule has 0 amide bonds. The van der Waals surface area contributed by atoms with Gasteiger partial charge in [-0.15, -0.1) is 13.2 Å². The molecule has 146 valence electrons. The van der Waals surface area contributed by atoms with Crippen LogP contribution in [0.4, 0.5) is 19.0 Å². The predicted molar refractivity (Wildman–Crippen MR) is 96.6 cm³/mol. The fourth-order valence-electron chi connectivity index (χ4n) is 2.56. The van der Waals surface area contributed by atoms with E-state index in [1.807, 2.05) is 20.8 Å². The quantitative estimate of drug-likeness (QED) is 0.634. The monoisotopic (exact) mass is 401 g/mol. The van der Waals surface area contributed by atoms with Crippen LogP contribution in [0.1, 0.15) is 38.2 Å². The number of nitrogens with one attached hydrogen (secondary N) is 1. The van der Waals surface area contributed by atoms with Gasteiger partial charge in [0.1, 0.15) is 11.6 Å². The third-order valence-electron chi connectivity index (χ3n) is 3.42. The molecule has 0 fully saturated rings. The Hall–Kier alpha value is -2.49. The van der Waals surface area contributed by atoms with Crippen LogP contribution in [0.5, 0.6) is 5.75 Å². The summed E-state index contributed by atoms with van der Waals surface area (Å²) in [7, 11) is 0. The smallest absolute Gasteiger partial charge is 0.461 e. The SMILES string of the molecule is CCOC(=O)c1nc2sc3cc(OC(F)(F)F)ccc3n2c1NC(C)(C)C. The minimum Gasteiger partial charge on any atom is -0.461 e. The van der Waals surface area contributed by atoms with Crippen LogP contribution in [-0.4, -0.2) is 33.9 Å². The van der Waals surface area contributed by atoms with E-state index in [4.69, 9.17) is 4.74 Å². The average Bonchev–Trinajstić information content (AvgIpc) is 3.00. The lowest BCUT2D eigenvalue weighted by molar-refractivity contribution is -0.274. The third kappa shape index (κ3) is 4.10. The number of esters is 1. The molecule has 0 saturated heterocycles. The lowest BCUT2D eigenvalue weighted by Gasteiger charge is -2.22. The molecule has 0 aliphatic rings. The summed E-state index contributed by atoms with van der Waals surface area (Å²) in [5.41, 5.74) is 0.361. The molecule has 1 aromatic carbocycles. The topological polar surface area (TPSA) is 64.9 Å². The number of alkyl halides is 3. The summed E-state index contributed by atoms with van der Waals surface area (Å²) in [5, 5.41) is 3.24. The number of benzene rings is 1. The number of fused-ring (bicyclic) bond motifs is 3. The number of halogens is 3. The van der Waals surface area contributed by atoms with E-state index in [1.165, 1.54) is 18.2 Å². The maximum absolute atomic E-state index is 12.5. The number of rotatable bonds is 4. The van der Waals surface area contributed by atoms with Crippen LogP contribution < -0.4 is 10.1 Å². The molecule has 0 unspecified atom stereocenters. The number of thiazole rings is 1. The molecule has 10 heteroatoms. The number of hydrogen-bond acceptors (Lipinski definition) is 6. The minimum absolute atomic E-state index is 0.135. The lowest BCUT2D eigenvalue weighted by Crippen LogP contribution is -2.28. The van der Waals surface area contributed by atoms with Crippen LogP contribution >= 0.6 is 11.3 Å². The van der Waals surface area contributed by atoms with Crippen molar-refractivity contribution >= 4 is 38.3 Å². The molecule has 1 N–H and O–H groups in total. The Morgan fingerprint density at radius 2 is 2.00 bits per heavy atom. The summed E-state index contributed by atoms with van der Waals surface area (Å²) >= 11 is 1.16. The van der Waals surface area contributed by atoms with Crippen LogP contribution in [-0.2, 0) is 4.74 Å². The molecule has 0 spiro atoms. The number of aromatic nitrogens is 2. The Morgan fingerprint density at radius 1 is 1.30 bits per heavy atom. The van der Waals surface area contributed by atoms with Gasteiger partial charge < -0.3 is 14.8 Å². The Labute approximate surface area is 156 Å². The van der Waals surface area contributed by atoms with E-state index < -0.39 is 12.3 Å². The molecule has 2 heterocycles. The average molecular weight is 401 g/mol. The van der Waals surface area contributed by atoms with Crippen molar-refractivity contribution in [3.63, 3.8) is 0 Å². The van der Waals surface area contributed by atoms with Gasteiger partial charge in [0.25, 0.3) is 0 Å². The van der Waals surface area contributed by atoms with E-state index in [2.05, 4.69) is 15.0 Å². The zero-order valence-electron chi connectivity index (χ0n) is 15.1. The van der Waals surface area contributed by atoms with Gasteiger partial charge in [0.05, 0.1) is 16.8 Å². The molecule has 0 saturated carbocycles. The first-order valence-electron chi connectivity index (χ1n) is 8.14. The van der Waals surface area contributed by atoms with Gasteiger partial charge in [0, 0.05) is 5.54 Å². The lowest BCUT2D eigenvalue weighted by atomic mass is 10.1. The summed E-state index contributed by atoms with van der Waals surface area (Å²) in [6.45, 7) is 7.67. The highest BCUT2D eigenvalue weighted by molar-refractivity contribution is 7.23. The molecule has 0 bridgehead atoms. The van der Waals surface area contributed by atoms with Crippen molar-refractivity contribution in [1.29, 1.82) is 0 Å². The summed E-state index contributed by atoms with van der Waals surface area (Å²) in [5.74, 6) is -0.438.